The summed E-state index contributed by atoms with van der Waals surface area (Å²) in [6.07, 6.45) is 2.54. The fraction of sp³-hybridized carbons (Fsp3) is 0.529. The number of carbonyl (C=O) groups excluding carboxylic acids is 1. The van der Waals surface area contributed by atoms with Crippen molar-refractivity contribution in [2.24, 2.45) is 5.92 Å². The van der Waals surface area contributed by atoms with Gasteiger partial charge in [0, 0.05) is 13.0 Å². The Bertz CT molecular complexity index is 524. The Morgan fingerprint density at radius 3 is 2.59 bits per heavy atom. The van der Waals surface area contributed by atoms with Gasteiger partial charge in [0.1, 0.15) is 12.4 Å². The van der Waals surface area contributed by atoms with Crippen molar-refractivity contribution in [2.45, 2.75) is 39.2 Å². The zero-order valence-corrected chi connectivity index (χ0v) is 13.1. The van der Waals surface area contributed by atoms with E-state index in [9.17, 15) is 9.59 Å². The van der Waals surface area contributed by atoms with Crippen LogP contribution in [0.1, 0.15) is 43.5 Å². The van der Waals surface area contributed by atoms with Crippen molar-refractivity contribution in [1.82, 2.24) is 4.90 Å². The molecule has 1 aliphatic heterocycles. The molecule has 120 valence electrons. The molecule has 0 aromatic heterocycles. The van der Waals surface area contributed by atoms with Crippen molar-refractivity contribution in [3.8, 4) is 5.75 Å². The van der Waals surface area contributed by atoms with Crippen LogP contribution in [0, 0.1) is 5.92 Å². The molecule has 1 atom stereocenters. The van der Waals surface area contributed by atoms with Gasteiger partial charge in [-0.2, -0.15) is 0 Å². The van der Waals surface area contributed by atoms with E-state index in [1.54, 1.807) is 12.1 Å². The number of carboxylic acids is 1. The number of benzene rings is 1. The summed E-state index contributed by atoms with van der Waals surface area (Å²) in [6.45, 7) is 5.35. The van der Waals surface area contributed by atoms with E-state index in [1.807, 2.05) is 18.7 Å². The van der Waals surface area contributed by atoms with Gasteiger partial charge in [0.2, 0.25) is 5.91 Å². The molecule has 1 aromatic rings. The van der Waals surface area contributed by atoms with Gasteiger partial charge in [0.05, 0.1) is 11.6 Å². The van der Waals surface area contributed by atoms with Crippen LogP contribution in [0.4, 0.5) is 0 Å². The smallest absolute Gasteiger partial charge is 0.335 e. The van der Waals surface area contributed by atoms with Gasteiger partial charge in [0.15, 0.2) is 0 Å². The first-order valence-electron chi connectivity index (χ1n) is 7.73. The fourth-order valence-corrected chi connectivity index (χ4v) is 2.69. The first-order valence-corrected chi connectivity index (χ1v) is 7.73. The Balaban J connectivity index is 1.89. The van der Waals surface area contributed by atoms with E-state index in [2.05, 4.69) is 0 Å². The molecule has 1 saturated heterocycles. The predicted molar refractivity (Wildman–Crippen MR) is 83.1 cm³/mol. The second kappa shape index (κ2) is 7.29. The normalized spacial score (nSPS) is 17.8. The zero-order valence-electron chi connectivity index (χ0n) is 13.1. The molecule has 0 spiro atoms. The maximum atomic E-state index is 12.2. The number of carboxylic acid groups (broad SMARTS) is 1. The number of nitrogens with zero attached hydrogens (tertiary/aromatic N) is 1. The highest BCUT2D eigenvalue weighted by Crippen LogP contribution is 2.21. The van der Waals surface area contributed by atoms with E-state index < -0.39 is 5.97 Å². The standard InChI is InChI=1S/C17H23NO4/c1-12(2)10-16(19)18-9-3-4-14(18)11-22-15-7-5-13(6-8-15)17(20)21/h5-8,12,14H,3-4,9-11H2,1-2H3,(H,20,21)/t14-/m0/s1. The highest BCUT2D eigenvalue weighted by Gasteiger charge is 2.29. The summed E-state index contributed by atoms with van der Waals surface area (Å²) in [4.78, 5) is 24.9. The number of aromatic carboxylic acids is 1. The van der Waals surface area contributed by atoms with E-state index >= 15 is 0 Å². The highest BCUT2D eigenvalue weighted by atomic mass is 16.5. The maximum absolute atomic E-state index is 12.2. The van der Waals surface area contributed by atoms with Crippen molar-refractivity contribution in [1.29, 1.82) is 0 Å². The lowest BCUT2D eigenvalue weighted by atomic mass is 10.1. The van der Waals surface area contributed by atoms with Crippen molar-refractivity contribution in [3.05, 3.63) is 29.8 Å². The second-order valence-electron chi connectivity index (χ2n) is 6.12. The van der Waals surface area contributed by atoms with Crippen molar-refractivity contribution in [2.75, 3.05) is 13.2 Å². The second-order valence-corrected chi connectivity index (χ2v) is 6.12. The van der Waals surface area contributed by atoms with Crippen LogP contribution in [-0.4, -0.2) is 41.1 Å². The summed E-state index contributed by atoms with van der Waals surface area (Å²) >= 11 is 0. The molecule has 1 fully saturated rings. The van der Waals surface area contributed by atoms with E-state index in [4.69, 9.17) is 9.84 Å². The van der Waals surface area contributed by atoms with Crippen LogP contribution in [-0.2, 0) is 4.79 Å². The SMILES string of the molecule is CC(C)CC(=O)N1CCC[C@H]1COc1ccc(C(=O)O)cc1. The summed E-state index contributed by atoms with van der Waals surface area (Å²) in [6, 6.07) is 6.46. The fourth-order valence-electron chi connectivity index (χ4n) is 2.69. The average molecular weight is 305 g/mol. The van der Waals surface area contributed by atoms with Gasteiger partial charge in [-0.1, -0.05) is 13.8 Å². The number of hydrogen-bond donors (Lipinski definition) is 1. The summed E-state index contributed by atoms with van der Waals surface area (Å²) in [5.74, 6) is 0.238. The highest BCUT2D eigenvalue weighted by molar-refractivity contribution is 5.87. The summed E-state index contributed by atoms with van der Waals surface area (Å²) in [5, 5.41) is 8.86. The van der Waals surface area contributed by atoms with Gasteiger partial charge in [-0.05, 0) is 43.0 Å². The van der Waals surface area contributed by atoms with Crippen molar-refractivity contribution in [3.63, 3.8) is 0 Å². The summed E-state index contributed by atoms with van der Waals surface area (Å²) in [5.41, 5.74) is 0.238. The third kappa shape index (κ3) is 4.23. The number of hydrogen-bond acceptors (Lipinski definition) is 3. The Kier molecular flexibility index (Phi) is 5.41. The molecule has 1 amide bonds. The first-order chi connectivity index (χ1) is 10.5. The van der Waals surface area contributed by atoms with Gasteiger partial charge in [-0.3, -0.25) is 4.79 Å². The Hall–Kier alpha value is -2.04. The Morgan fingerprint density at radius 1 is 1.32 bits per heavy atom. The Labute approximate surface area is 130 Å². The minimum absolute atomic E-state index is 0.116. The molecule has 5 nitrogen and oxygen atoms in total. The van der Waals surface area contributed by atoms with Crippen LogP contribution in [0.15, 0.2) is 24.3 Å². The molecule has 2 rings (SSSR count). The van der Waals surface area contributed by atoms with Crippen LogP contribution >= 0.6 is 0 Å². The van der Waals surface area contributed by atoms with Crippen LogP contribution in [0.2, 0.25) is 0 Å². The van der Waals surface area contributed by atoms with E-state index in [-0.39, 0.29) is 17.5 Å². The largest absolute Gasteiger partial charge is 0.491 e. The first kappa shape index (κ1) is 16.3. The lowest BCUT2D eigenvalue weighted by Gasteiger charge is -2.25. The van der Waals surface area contributed by atoms with E-state index in [1.165, 1.54) is 12.1 Å². The van der Waals surface area contributed by atoms with Gasteiger partial charge >= 0.3 is 5.97 Å². The monoisotopic (exact) mass is 305 g/mol. The number of ether oxygens (including phenoxy) is 1. The molecule has 0 aliphatic carbocycles. The van der Waals surface area contributed by atoms with Crippen LogP contribution in [0.5, 0.6) is 5.75 Å². The predicted octanol–water partition coefficient (Wildman–Crippen LogP) is 2.80. The lowest BCUT2D eigenvalue weighted by Crippen LogP contribution is -2.39. The number of rotatable bonds is 6. The van der Waals surface area contributed by atoms with Crippen molar-refractivity contribution < 1.29 is 19.4 Å². The van der Waals surface area contributed by atoms with Gasteiger partial charge in [-0.25, -0.2) is 4.79 Å². The average Bonchev–Trinajstić information content (AvgIpc) is 2.93. The zero-order chi connectivity index (χ0) is 16.1. The molecule has 1 aromatic carbocycles. The molecule has 1 N–H and O–H groups in total. The Morgan fingerprint density at radius 2 is 2.00 bits per heavy atom. The molecular formula is C17H23NO4. The number of likely N-dealkylation sites (tertiary alicyclic amines) is 1. The minimum Gasteiger partial charge on any atom is -0.491 e. The molecule has 22 heavy (non-hydrogen) atoms. The number of amides is 1. The molecule has 0 bridgehead atoms. The molecule has 1 aliphatic rings. The third-order valence-corrected chi connectivity index (χ3v) is 3.82. The quantitative estimate of drug-likeness (QED) is 0.877. The van der Waals surface area contributed by atoms with Gasteiger partial charge in [-0.15, -0.1) is 0 Å². The van der Waals surface area contributed by atoms with Crippen LogP contribution < -0.4 is 4.74 Å². The maximum Gasteiger partial charge on any atom is 0.335 e. The van der Waals surface area contributed by atoms with Gasteiger partial charge < -0.3 is 14.7 Å². The van der Waals surface area contributed by atoms with E-state index in [0.717, 1.165) is 19.4 Å². The number of carbonyl (C=O) groups is 2. The lowest BCUT2D eigenvalue weighted by molar-refractivity contribution is -0.133. The third-order valence-electron chi connectivity index (χ3n) is 3.82. The summed E-state index contributed by atoms with van der Waals surface area (Å²) in [7, 11) is 0. The van der Waals surface area contributed by atoms with Crippen LogP contribution in [0.25, 0.3) is 0 Å². The molecular weight excluding hydrogens is 282 g/mol. The molecule has 0 radical (unpaired) electrons. The molecule has 5 heteroatoms. The van der Waals surface area contributed by atoms with Gasteiger partial charge in [0.25, 0.3) is 0 Å². The molecule has 0 saturated carbocycles. The van der Waals surface area contributed by atoms with Crippen LogP contribution in [0.3, 0.4) is 0 Å². The molecule has 0 unspecified atom stereocenters. The van der Waals surface area contributed by atoms with Crippen molar-refractivity contribution >= 4 is 11.9 Å². The molecule has 1 heterocycles. The minimum atomic E-state index is -0.951. The van der Waals surface area contributed by atoms with E-state index in [0.29, 0.717) is 24.7 Å². The summed E-state index contributed by atoms with van der Waals surface area (Å²) < 4.78 is 5.72. The topological polar surface area (TPSA) is 66.8 Å².